The van der Waals surface area contributed by atoms with E-state index < -0.39 is 29.5 Å². The predicted molar refractivity (Wildman–Crippen MR) is 141 cm³/mol. The molecule has 1 aliphatic carbocycles. The van der Waals surface area contributed by atoms with E-state index in [-0.39, 0.29) is 22.3 Å². The molecule has 1 unspecified atom stereocenters. The standard InChI is InChI=1S/C27H31ClFN3O4S/c1-15-6-8-16(9-7-15)21-20(25(33)35-5)22(18-11-10-17(29)14-19(18)28)32(26(34)36-27(2,3)4)23(31-21)24-30-12-13-37-24/h10-16,22H,6-9H2,1-5H3/t15-,16+,22?. The van der Waals surface area contributed by atoms with Gasteiger partial charge in [-0.3, -0.25) is 0 Å². The quantitative estimate of drug-likeness (QED) is 0.388. The van der Waals surface area contributed by atoms with Crippen LogP contribution in [-0.2, 0) is 14.3 Å². The van der Waals surface area contributed by atoms with E-state index in [9.17, 15) is 14.0 Å². The molecule has 0 spiro atoms. The Hall–Kier alpha value is -2.78. The van der Waals surface area contributed by atoms with Gasteiger partial charge in [0.05, 0.1) is 18.4 Å². The second kappa shape index (κ2) is 10.9. The average Bonchev–Trinajstić information content (AvgIpc) is 3.37. The van der Waals surface area contributed by atoms with Crippen LogP contribution >= 0.6 is 22.9 Å². The van der Waals surface area contributed by atoms with E-state index in [4.69, 9.17) is 26.1 Å². The number of hydrogen-bond acceptors (Lipinski definition) is 7. The number of aliphatic imine (C=N–C) groups is 1. The monoisotopic (exact) mass is 547 g/mol. The number of thiazole rings is 1. The summed E-state index contributed by atoms with van der Waals surface area (Å²) in [5.41, 5.74) is 0.271. The highest BCUT2D eigenvalue weighted by atomic mass is 35.5. The Morgan fingerprint density at radius 3 is 2.46 bits per heavy atom. The number of methoxy groups -OCH3 is 1. The molecule has 10 heteroatoms. The number of hydrogen-bond donors (Lipinski definition) is 0. The van der Waals surface area contributed by atoms with Crippen molar-refractivity contribution in [3.05, 3.63) is 62.5 Å². The largest absolute Gasteiger partial charge is 0.466 e. The molecule has 2 heterocycles. The predicted octanol–water partition coefficient (Wildman–Crippen LogP) is 6.93. The summed E-state index contributed by atoms with van der Waals surface area (Å²) in [6, 6.07) is 2.84. The lowest BCUT2D eigenvalue weighted by Crippen LogP contribution is -2.47. The molecule has 2 aliphatic rings. The lowest BCUT2D eigenvalue weighted by molar-refractivity contribution is -0.136. The summed E-state index contributed by atoms with van der Waals surface area (Å²) in [6.07, 6.45) is 4.54. The fourth-order valence-electron chi connectivity index (χ4n) is 4.80. The van der Waals surface area contributed by atoms with Gasteiger partial charge in [-0.05, 0) is 57.2 Å². The first kappa shape index (κ1) is 27.3. The van der Waals surface area contributed by atoms with E-state index in [1.807, 2.05) is 0 Å². The smallest absolute Gasteiger partial charge is 0.416 e. The number of ether oxygens (including phenoxy) is 2. The van der Waals surface area contributed by atoms with Crippen LogP contribution in [0.15, 0.2) is 46.0 Å². The minimum absolute atomic E-state index is 0.0252. The topological polar surface area (TPSA) is 81.1 Å². The molecule has 4 rings (SSSR count). The Morgan fingerprint density at radius 1 is 1.19 bits per heavy atom. The summed E-state index contributed by atoms with van der Waals surface area (Å²) in [5.74, 6) is -0.356. The van der Waals surface area contributed by atoms with E-state index >= 15 is 0 Å². The summed E-state index contributed by atoms with van der Waals surface area (Å²) in [6.45, 7) is 7.46. The molecule has 1 atom stereocenters. The van der Waals surface area contributed by atoms with Crippen LogP contribution < -0.4 is 0 Å². The summed E-state index contributed by atoms with van der Waals surface area (Å²) in [5, 5.41) is 2.34. The van der Waals surface area contributed by atoms with Crippen LogP contribution in [0, 0.1) is 17.7 Å². The maximum absolute atomic E-state index is 14.1. The van der Waals surface area contributed by atoms with Crippen LogP contribution in [-0.4, -0.2) is 40.5 Å². The van der Waals surface area contributed by atoms with Crippen molar-refractivity contribution in [1.29, 1.82) is 0 Å². The molecule has 198 valence electrons. The van der Waals surface area contributed by atoms with Crippen molar-refractivity contribution in [3.8, 4) is 0 Å². The van der Waals surface area contributed by atoms with Crippen LogP contribution in [0.2, 0.25) is 5.02 Å². The van der Waals surface area contributed by atoms with Crippen molar-refractivity contribution in [1.82, 2.24) is 9.88 Å². The third-order valence-corrected chi connectivity index (χ3v) is 7.64. The first-order chi connectivity index (χ1) is 17.5. The number of esters is 1. The molecule has 0 bridgehead atoms. The Kier molecular flexibility index (Phi) is 8.04. The van der Waals surface area contributed by atoms with Crippen molar-refractivity contribution in [2.75, 3.05) is 7.11 Å². The minimum Gasteiger partial charge on any atom is -0.466 e. The number of allylic oxidation sites excluding steroid dienone is 1. The molecule has 0 radical (unpaired) electrons. The highest BCUT2D eigenvalue weighted by Crippen LogP contribution is 2.45. The van der Waals surface area contributed by atoms with Crippen LogP contribution in [0.4, 0.5) is 9.18 Å². The van der Waals surface area contributed by atoms with E-state index in [2.05, 4.69) is 11.9 Å². The van der Waals surface area contributed by atoms with Crippen molar-refractivity contribution in [3.63, 3.8) is 0 Å². The van der Waals surface area contributed by atoms with Crippen molar-refractivity contribution in [2.45, 2.75) is 65.0 Å². The van der Waals surface area contributed by atoms with Crippen LogP contribution in [0.5, 0.6) is 0 Å². The molecular weight excluding hydrogens is 517 g/mol. The highest BCUT2D eigenvalue weighted by molar-refractivity contribution is 7.11. The molecule has 2 aromatic rings. The van der Waals surface area contributed by atoms with Gasteiger partial charge in [0.2, 0.25) is 0 Å². The second-order valence-electron chi connectivity index (χ2n) is 10.4. The van der Waals surface area contributed by atoms with E-state index in [0.29, 0.717) is 22.2 Å². The fraction of sp³-hybridized carbons (Fsp3) is 0.481. The summed E-state index contributed by atoms with van der Waals surface area (Å²) in [4.78, 5) is 37.9. The number of carbonyl (C=O) groups excluding carboxylic acids is 2. The van der Waals surface area contributed by atoms with Crippen LogP contribution in [0.3, 0.4) is 0 Å². The average molecular weight is 548 g/mol. The van der Waals surface area contributed by atoms with Gasteiger partial charge in [-0.2, -0.15) is 0 Å². The van der Waals surface area contributed by atoms with Crippen molar-refractivity contribution in [2.24, 2.45) is 16.8 Å². The molecule has 1 saturated carbocycles. The number of halogens is 2. The Balaban J connectivity index is 2.01. The first-order valence-electron chi connectivity index (χ1n) is 12.3. The zero-order valence-electron chi connectivity index (χ0n) is 21.6. The summed E-state index contributed by atoms with van der Waals surface area (Å²) < 4.78 is 25.1. The highest BCUT2D eigenvalue weighted by Gasteiger charge is 2.46. The van der Waals surface area contributed by atoms with Crippen LogP contribution in [0.25, 0.3) is 0 Å². The molecule has 1 fully saturated rings. The number of benzene rings is 1. The van der Waals surface area contributed by atoms with Crippen molar-refractivity contribution >= 4 is 40.8 Å². The van der Waals surface area contributed by atoms with Gasteiger partial charge < -0.3 is 9.47 Å². The third kappa shape index (κ3) is 5.88. The first-order valence-corrected chi connectivity index (χ1v) is 13.5. The maximum Gasteiger partial charge on any atom is 0.416 e. The molecule has 1 aromatic heterocycles. The second-order valence-corrected chi connectivity index (χ2v) is 11.7. The van der Waals surface area contributed by atoms with Gasteiger partial charge in [0.15, 0.2) is 10.8 Å². The molecule has 0 N–H and O–H groups in total. The number of amides is 1. The number of aromatic nitrogens is 1. The maximum atomic E-state index is 14.1. The van der Waals surface area contributed by atoms with Crippen molar-refractivity contribution < 1.29 is 23.5 Å². The lowest BCUT2D eigenvalue weighted by Gasteiger charge is -2.39. The zero-order chi connectivity index (χ0) is 26.9. The van der Waals surface area contributed by atoms with Gasteiger partial charge in [0.25, 0.3) is 0 Å². The Labute approximate surface area is 225 Å². The van der Waals surface area contributed by atoms with Gasteiger partial charge in [-0.1, -0.05) is 37.4 Å². The van der Waals surface area contributed by atoms with Crippen LogP contribution in [0.1, 0.15) is 70.0 Å². The lowest BCUT2D eigenvalue weighted by atomic mass is 9.78. The van der Waals surface area contributed by atoms with Gasteiger partial charge in [-0.25, -0.2) is 28.9 Å². The molecule has 1 aliphatic heterocycles. The molecule has 0 saturated heterocycles. The fourth-order valence-corrected chi connectivity index (χ4v) is 5.69. The van der Waals surface area contributed by atoms with Gasteiger partial charge >= 0.3 is 12.1 Å². The summed E-state index contributed by atoms with van der Waals surface area (Å²) >= 11 is 7.87. The number of carbonyl (C=O) groups is 2. The van der Waals surface area contributed by atoms with E-state index in [1.165, 1.54) is 35.5 Å². The molecular formula is C27H31ClFN3O4S. The number of rotatable bonds is 4. The Bertz CT molecular complexity index is 1230. The number of amidine groups is 1. The van der Waals surface area contributed by atoms with Gasteiger partial charge in [0.1, 0.15) is 17.5 Å². The normalized spacial score (nSPS) is 22.5. The van der Waals surface area contributed by atoms with E-state index in [1.54, 1.807) is 32.3 Å². The van der Waals surface area contributed by atoms with Gasteiger partial charge in [0, 0.05) is 22.5 Å². The molecule has 37 heavy (non-hydrogen) atoms. The third-order valence-electron chi connectivity index (χ3n) is 6.54. The minimum atomic E-state index is -1.05. The molecule has 1 aromatic carbocycles. The SMILES string of the molecule is COC(=O)C1=C([C@H]2CC[C@@H](C)CC2)N=C(c2nccs2)N(C(=O)OC(C)(C)C)C1c1ccc(F)cc1Cl. The summed E-state index contributed by atoms with van der Waals surface area (Å²) in [7, 11) is 1.29. The number of nitrogens with zero attached hydrogens (tertiary/aromatic N) is 3. The van der Waals surface area contributed by atoms with Gasteiger partial charge in [-0.15, -0.1) is 11.3 Å². The molecule has 1 amide bonds. The van der Waals surface area contributed by atoms with E-state index in [0.717, 1.165) is 31.7 Å². The Morgan fingerprint density at radius 2 is 1.89 bits per heavy atom. The zero-order valence-corrected chi connectivity index (χ0v) is 23.2. The molecule has 7 nitrogen and oxygen atoms in total.